The molecule has 27 heavy (non-hydrogen) atoms. The Labute approximate surface area is 160 Å². The molecule has 0 saturated heterocycles. The quantitative estimate of drug-likeness (QED) is 0.359. The van der Waals surface area contributed by atoms with Crippen molar-refractivity contribution in [1.29, 1.82) is 0 Å². The molecule has 0 amide bonds. The van der Waals surface area contributed by atoms with E-state index in [1.165, 1.54) is 18.9 Å². The Balaban J connectivity index is 1.56. The summed E-state index contributed by atoms with van der Waals surface area (Å²) < 4.78 is 5.44. The normalized spacial score (nSPS) is 29.5. The summed E-state index contributed by atoms with van der Waals surface area (Å²) in [7, 11) is 0. The van der Waals surface area contributed by atoms with Gasteiger partial charge in [-0.3, -0.25) is 4.79 Å². The summed E-state index contributed by atoms with van der Waals surface area (Å²) in [4.78, 5) is 25.0. The van der Waals surface area contributed by atoms with E-state index in [0.717, 1.165) is 36.4 Å². The molecule has 2 fully saturated rings. The highest BCUT2D eigenvalue weighted by Crippen LogP contribution is 2.55. The van der Waals surface area contributed by atoms with Crippen molar-refractivity contribution in [3.63, 3.8) is 0 Å². The molecule has 0 aliphatic heterocycles. The third-order valence-corrected chi connectivity index (χ3v) is 6.43. The minimum absolute atomic E-state index is 0.0202. The average Bonchev–Trinajstić information content (AvgIpc) is 3.46. The number of carbonyl (C=O) groups is 2. The van der Waals surface area contributed by atoms with Crippen LogP contribution in [0.25, 0.3) is 0 Å². The molecule has 1 aromatic carbocycles. The van der Waals surface area contributed by atoms with Crippen molar-refractivity contribution in [2.75, 3.05) is 6.54 Å². The molecular weight excluding hydrogens is 338 g/mol. The molecule has 3 aliphatic carbocycles. The van der Waals surface area contributed by atoms with Gasteiger partial charge in [-0.05, 0) is 80.2 Å². The zero-order chi connectivity index (χ0) is 19.0. The van der Waals surface area contributed by atoms with Crippen LogP contribution in [0, 0.1) is 11.8 Å². The molecule has 2 saturated carbocycles. The van der Waals surface area contributed by atoms with Gasteiger partial charge in [0.1, 0.15) is 5.75 Å². The monoisotopic (exact) mass is 365 g/mol. The molecule has 142 valence electrons. The van der Waals surface area contributed by atoms with Crippen LogP contribution >= 0.6 is 0 Å². The van der Waals surface area contributed by atoms with E-state index in [9.17, 15) is 9.59 Å². The number of benzene rings is 1. The maximum absolute atomic E-state index is 13.1. The highest BCUT2D eigenvalue weighted by Gasteiger charge is 2.55. The van der Waals surface area contributed by atoms with E-state index in [0.29, 0.717) is 11.7 Å². The van der Waals surface area contributed by atoms with Crippen molar-refractivity contribution in [1.82, 2.24) is 5.32 Å². The fraction of sp³-hybridized carbons (Fsp3) is 0.478. The van der Waals surface area contributed by atoms with Crippen molar-refractivity contribution in [2.45, 2.75) is 51.0 Å². The lowest BCUT2D eigenvalue weighted by Crippen LogP contribution is -2.60. The first kappa shape index (κ1) is 18.2. The molecule has 1 N–H and O–H groups in total. The molecule has 1 aromatic rings. The minimum atomic E-state index is -0.408. The smallest absolute Gasteiger partial charge is 0.336 e. The summed E-state index contributed by atoms with van der Waals surface area (Å²) in [6.07, 6.45) is 11.4. The summed E-state index contributed by atoms with van der Waals surface area (Å²) in [6, 6.07) is 5.40. The lowest BCUT2D eigenvalue weighted by molar-refractivity contribution is -0.129. The molecule has 3 atom stereocenters. The van der Waals surface area contributed by atoms with E-state index in [1.807, 2.05) is 25.1 Å². The molecular formula is C23H27NO3. The molecule has 0 bridgehead atoms. The summed E-state index contributed by atoms with van der Waals surface area (Å²) in [5.74, 6) is 1.38. The van der Waals surface area contributed by atoms with Crippen molar-refractivity contribution in [3.8, 4) is 5.75 Å². The Morgan fingerprint density at radius 1 is 1.30 bits per heavy atom. The average molecular weight is 365 g/mol. The number of hydrogen-bond acceptors (Lipinski definition) is 4. The molecule has 0 spiro atoms. The number of Topliss-reactive ketones (excluding diaryl/α,β-unsaturated/α-hetero) is 1. The van der Waals surface area contributed by atoms with Gasteiger partial charge < -0.3 is 10.1 Å². The summed E-state index contributed by atoms with van der Waals surface area (Å²) >= 11 is 0. The van der Waals surface area contributed by atoms with E-state index < -0.39 is 5.97 Å². The number of rotatable bonds is 6. The molecule has 0 heterocycles. The number of ether oxygens (including phenoxy) is 1. The van der Waals surface area contributed by atoms with E-state index in [1.54, 1.807) is 18.2 Å². The third-order valence-electron chi connectivity index (χ3n) is 6.43. The molecule has 4 heteroatoms. The molecule has 1 unspecified atom stereocenters. The van der Waals surface area contributed by atoms with E-state index in [4.69, 9.17) is 4.74 Å². The van der Waals surface area contributed by atoms with Crippen molar-refractivity contribution in [2.24, 2.45) is 11.8 Å². The van der Waals surface area contributed by atoms with Crippen LogP contribution in [-0.4, -0.2) is 24.3 Å². The van der Waals surface area contributed by atoms with Crippen LogP contribution in [0.5, 0.6) is 5.75 Å². The van der Waals surface area contributed by atoms with Gasteiger partial charge in [0, 0.05) is 11.6 Å². The Morgan fingerprint density at radius 2 is 2.11 bits per heavy atom. The lowest BCUT2D eigenvalue weighted by atomic mass is 9.51. The highest BCUT2D eigenvalue weighted by atomic mass is 16.5. The largest absolute Gasteiger partial charge is 0.423 e. The van der Waals surface area contributed by atoms with E-state index in [2.05, 4.69) is 12.2 Å². The first-order valence-electron chi connectivity index (χ1n) is 9.96. The molecule has 0 aromatic heterocycles. The molecule has 3 aliphatic rings. The predicted molar refractivity (Wildman–Crippen MR) is 105 cm³/mol. The number of esters is 1. The SMILES string of the molecule is C/C=C/C=C/C(=O)Oc1ccc2c(c1)[C@]1(C)CC[C@H]1C(NCC1CC1)C2=O. The van der Waals surface area contributed by atoms with Crippen molar-refractivity contribution >= 4 is 11.8 Å². The maximum Gasteiger partial charge on any atom is 0.336 e. The number of ketones is 1. The van der Waals surface area contributed by atoms with Crippen LogP contribution in [0.3, 0.4) is 0 Å². The second-order valence-corrected chi connectivity index (χ2v) is 8.27. The van der Waals surface area contributed by atoms with Crippen LogP contribution in [0.4, 0.5) is 0 Å². The zero-order valence-corrected chi connectivity index (χ0v) is 16.0. The fourth-order valence-corrected chi connectivity index (χ4v) is 4.48. The van der Waals surface area contributed by atoms with Crippen LogP contribution in [-0.2, 0) is 10.2 Å². The second-order valence-electron chi connectivity index (χ2n) is 8.27. The number of hydrogen-bond donors (Lipinski definition) is 1. The Hall–Kier alpha value is -2.20. The minimum Gasteiger partial charge on any atom is -0.423 e. The molecule has 4 rings (SSSR count). The van der Waals surface area contributed by atoms with Gasteiger partial charge in [-0.2, -0.15) is 0 Å². The Bertz CT molecular complexity index is 821. The molecule has 4 nitrogen and oxygen atoms in total. The van der Waals surface area contributed by atoms with Crippen LogP contribution in [0.1, 0.15) is 55.5 Å². The third kappa shape index (κ3) is 3.39. The van der Waals surface area contributed by atoms with Gasteiger partial charge in [-0.25, -0.2) is 4.79 Å². The van der Waals surface area contributed by atoms with Crippen LogP contribution in [0.15, 0.2) is 42.5 Å². The fourth-order valence-electron chi connectivity index (χ4n) is 4.48. The Morgan fingerprint density at radius 3 is 2.78 bits per heavy atom. The highest BCUT2D eigenvalue weighted by molar-refractivity contribution is 6.04. The summed E-state index contributed by atoms with van der Waals surface area (Å²) in [5, 5.41) is 3.56. The van der Waals surface area contributed by atoms with E-state index >= 15 is 0 Å². The zero-order valence-electron chi connectivity index (χ0n) is 16.0. The number of fused-ring (bicyclic) bond motifs is 3. The number of nitrogens with one attached hydrogen (secondary N) is 1. The van der Waals surface area contributed by atoms with Crippen molar-refractivity contribution < 1.29 is 14.3 Å². The predicted octanol–water partition coefficient (Wildman–Crippen LogP) is 3.96. The lowest BCUT2D eigenvalue weighted by Gasteiger charge is -2.54. The van der Waals surface area contributed by atoms with Crippen LogP contribution in [0.2, 0.25) is 0 Å². The summed E-state index contributed by atoms with van der Waals surface area (Å²) in [5.41, 5.74) is 1.80. The first-order chi connectivity index (χ1) is 13.0. The van der Waals surface area contributed by atoms with E-state index in [-0.39, 0.29) is 17.2 Å². The van der Waals surface area contributed by atoms with Gasteiger partial charge in [-0.1, -0.05) is 25.2 Å². The van der Waals surface area contributed by atoms with Gasteiger partial charge in [-0.15, -0.1) is 0 Å². The van der Waals surface area contributed by atoms with Crippen LogP contribution < -0.4 is 10.1 Å². The van der Waals surface area contributed by atoms with Gasteiger partial charge >= 0.3 is 5.97 Å². The Kier molecular flexibility index (Phi) is 4.77. The summed E-state index contributed by atoms with van der Waals surface area (Å²) in [6.45, 7) is 5.08. The van der Waals surface area contributed by atoms with Crippen molar-refractivity contribution in [3.05, 3.63) is 53.6 Å². The molecule has 0 radical (unpaired) electrons. The number of allylic oxidation sites excluding steroid dienone is 3. The van der Waals surface area contributed by atoms with Gasteiger partial charge in [0.15, 0.2) is 5.78 Å². The van der Waals surface area contributed by atoms with Gasteiger partial charge in [0.05, 0.1) is 6.04 Å². The topological polar surface area (TPSA) is 55.4 Å². The maximum atomic E-state index is 13.1. The van der Waals surface area contributed by atoms with Gasteiger partial charge in [0.2, 0.25) is 0 Å². The number of carbonyl (C=O) groups excluding carboxylic acids is 2. The standard InChI is InChI=1S/C23H27NO3/c1-3-4-5-6-20(25)27-16-9-10-17-19(13-16)23(2)12-11-18(23)21(22(17)26)24-14-15-7-8-15/h3-6,9-10,13,15,18,21,24H,7-8,11-12,14H2,1-2H3/b4-3+,6-5+/t18-,21?,23+/m0/s1. The van der Waals surface area contributed by atoms with Gasteiger partial charge in [0.25, 0.3) is 0 Å². The second kappa shape index (κ2) is 7.08. The first-order valence-corrected chi connectivity index (χ1v) is 9.96.